The van der Waals surface area contributed by atoms with E-state index in [1.807, 2.05) is 16.7 Å². The second-order valence-corrected chi connectivity index (χ2v) is 6.36. The van der Waals surface area contributed by atoms with E-state index in [1.165, 1.54) is 0 Å². The topological polar surface area (TPSA) is 38.1 Å². The minimum absolute atomic E-state index is 0.0908. The van der Waals surface area contributed by atoms with Crippen LogP contribution in [-0.4, -0.2) is 34.6 Å². The van der Waals surface area contributed by atoms with Crippen molar-refractivity contribution >= 4 is 10.9 Å². The summed E-state index contributed by atoms with van der Waals surface area (Å²) in [7, 11) is 2.14. The molecule has 1 saturated heterocycles. The van der Waals surface area contributed by atoms with E-state index in [-0.39, 0.29) is 17.6 Å². The Bertz CT molecular complexity index is 697. The van der Waals surface area contributed by atoms with Gasteiger partial charge in [0.1, 0.15) is 0 Å². The number of rotatable bonds is 2. The van der Waals surface area contributed by atoms with Crippen LogP contribution >= 0.6 is 0 Å². The maximum Gasteiger partial charge on any atom is 0.348 e. The molecule has 3 rings (SSSR count). The molecular weight excluding hydrogens is 262 g/mol. The SMILES string of the molecule is CC(C)c1nc(=O)n(C2CCN(C)CC2)c2ccccc12. The number of nitrogens with zero attached hydrogens (tertiary/aromatic N) is 3. The number of piperidine rings is 1. The van der Waals surface area contributed by atoms with Gasteiger partial charge in [-0.05, 0) is 45.0 Å². The fourth-order valence-electron chi connectivity index (χ4n) is 3.27. The summed E-state index contributed by atoms with van der Waals surface area (Å²) in [5, 5.41) is 1.12. The minimum Gasteiger partial charge on any atom is -0.306 e. The second kappa shape index (κ2) is 5.60. The zero-order valence-electron chi connectivity index (χ0n) is 13.0. The predicted octanol–water partition coefficient (Wildman–Crippen LogP) is 2.79. The average molecular weight is 285 g/mol. The van der Waals surface area contributed by atoms with Gasteiger partial charge in [-0.15, -0.1) is 0 Å². The highest BCUT2D eigenvalue weighted by Crippen LogP contribution is 2.27. The molecule has 0 spiro atoms. The number of benzene rings is 1. The Hall–Kier alpha value is -1.68. The largest absolute Gasteiger partial charge is 0.348 e. The number of likely N-dealkylation sites (tertiary alicyclic amines) is 1. The van der Waals surface area contributed by atoms with Crippen LogP contribution in [-0.2, 0) is 0 Å². The van der Waals surface area contributed by atoms with Gasteiger partial charge < -0.3 is 4.90 Å². The molecule has 1 fully saturated rings. The lowest BCUT2D eigenvalue weighted by atomic mass is 10.0. The van der Waals surface area contributed by atoms with Gasteiger partial charge in [0.05, 0.1) is 11.2 Å². The van der Waals surface area contributed by atoms with E-state index in [0.717, 1.165) is 42.5 Å². The van der Waals surface area contributed by atoms with E-state index in [4.69, 9.17) is 0 Å². The second-order valence-electron chi connectivity index (χ2n) is 6.36. The molecular formula is C17H23N3O. The molecule has 21 heavy (non-hydrogen) atoms. The van der Waals surface area contributed by atoms with Gasteiger partial charge in [0.25, 0.3) is 0 Å². The Balaban J connectivity index is 2.17. The monoisotopic (exact) mass is 285 g/mol. The molecule has 112 valence electrons. The third kappa shape index (κ3) is 2.60. The first-order valence-electron chi connectivity index (χ1n) is 7.77. The lowest BCUT2D eigenvalue weighted by Crippen LogP contribution is -2.36. The van der Waals surface area contributed by atoms with Crippen molar-refractivity contribution in [2.75, 3.05) is 20.1 Å². The van der Waals surface area contributed by atoms with E-state index >= 15 is 0 Å². The van der Waals surface area contributed by atoms with Crippen LogP contribution in [0.2, 0.25) is 0 Å². The molecule has 0 amide bonds. The molecule has 0 radical (unpaired) electrons. The summed E-state index contributed by atoms with van der Waals surface area (Å²) >= 11 is 0. The number of aromatic nitrogens is 2. The van der Waals surface area contributed by atoms with E-state index < -0.39 is 0 Å². The number of hydrogen-bond acceptors (Lipinski definition) is 3. The van der Waals surface area contributed by atoms with Gasteiger partial charge in [-0.1, -0.05) is 32.0 Å². The van der Waals surface area contributed by atoms with Crippen molar-refractivity contribution in [1.29, 1.82) is 0 Å². The molecule has 4 heteroatoms. The van der Waals surface area contributed by atoms with Crippen LogP contribution in [0.3, 0.4) is 0 Å². The van der Waals surface area contributed by atoms with Crippen molar-refractivity contribution < 1.29 is 0 Å². The van der Waals surface area contributed by atoms with Crippen molar-refractivity contribution in [3.8, 4) is 0 Å². The van der Waals surface area contributed by atoms with Crippen LogP contribution in [0.15, 0.2) is 29.1 Å². The zero-order chi connectivity index (χ0) is 15.0. The lowest BCUT2D eigenvalue weighted by molar-refractivity contribution is 0.220. The molecule has 2 aromatic rings. The van der Waals surface area contributed by atoms with Crippen molar-refractivity contribution in [3.63, 3.8) is 0 Å². The lowest BCUT2D eigenvalue weighted by Gasteiger charge is -2.31. The van der Waals surface area contributed by atoms with Crippen molar-refractivity contribution in [2.45, 2.75) is 38.6 Å². The van der Waals surface area contributed by atoms with Gasteiger partial charge in [-0.2, -0.15) is 4.98 Å². The molecule has 0 unspecified atom stereocenters. The molecule has 0 bridgehead atoms. The summed E-state index contributed by atoms with van der Waals surface area (Å²) in [4.78, 5) is 19.3. The Morgan fingerprint density at radius 2 is 1.86 bits per heavy atom. The van der Waals surface area contributed by atoms with Crippen LogP contribution < -0.4 is 5.69 Å². The maximum atomic E-state index is 12.6. The number of hydrogen-bond donors (Lipinski definition) is 0. The Kier molecular flexibility index (Phi) is 3.81. The van der Waals surface area contributed by atoms with Gasteiger partial charge >= 0.3 is 5.69 Å². The maximum absolute atomic E-state index is 12.6. The molecule has 4 nitrogen and oxygen atoms in total. The average Bonchev–Trinajstić information content (AvgIpc) is 2.47. The molecule has 0 saturated carbocycles. The third-order valence-corrected chi connectivity index (χ3v) is 4.46. The third-order valence-electron chi connectivity index (χ3n) is 4.46. The Morgan fingerprint density at radius 3 is 2.52 bits per heavy atom. The van der Waals surface area contributed by atoms with Crippen LogP contribution in [0, 0.1) is 0 Å². The highest BCUT2D eigenvalue weighted by Gasteiger charge is 2.22. The number of para-hydroxylation sites is 1. The molecule has 1 aromatic carbocycles. The van der Waals surface area contributed by atoms with Gasteiger partial charge in [0.15, 0.2) is 0 Å². The van der Waals surface area contributed by atoms with Crippen LogP contribution in [0.4, 0.5) is 0 Å². The summed E-state index contributed by atoms with van der Waals surface area (Å²) in [6.45, 7) is 6.26. The van der Waals surface area contributed by atoms with Gasteiger partial charge in [-0.25, -0.2) is 4.79 Å². The van der Waals surface area contributed by atoms with Crippen molar-refractivity contribution in [2.24, 2.45) is 0 Å². The van der Waals surface area contributed by atoms with Gasteiger partial charge in [0.2, 0.25) is 0 Å². The van der Waals surface area contributed by atoms with E-state index in [1.54, 1.807) is 0 Å². The molecule has 0 N–H and O–H groups in total. The molecule has 1 aliphatic rings. The molecule has 1 aliphatic heterocycles. The van der Waals surface area contributed by atoms with Crippen molar-refractivity contribution in [1.82, 2.24) is 14.5 Å². The standard InChI is InChI=1S/C17H23N3O/c1-12(2)16-14-6-4-5-7-15(14)20(17(21)18-16)13-8-10-19(3)11-9-13/h4-7,12-13H,8-11H2,1-3H3. The Labute approximate surface area is 125 Å². The smallest absolute Gasteiger partial charge is 0.306 e. The molecule has 0 aliphatic carbocycles. The van der Waals surface area contributed by atoms with Crippen molar-refractivity contribution in [3.05, 3.63) is 40.4 Å². The normalized spacial score (nSPS) is 17.7. The first kappa shape index (κ1) is 14.3. The van der Waals surface area contributed by atoms with E-state index in [0.29, 0.717) is 0 Å². The molecule has 0 atom stereocenters. The zero-order valence-corrected chi connectivity index (χ0v) is 13.0. The summed E-state index contributed by atoms with van der Waals surface area (Å²) < 4.78 is 1.92. The fourth-order valence-corrected chi connectivity index (χ4v) is 3.27. The van der Waals surface area contributed by atoms with Gasteiger partial charge in [-0.3, -0.25) is 4.57 Å². The van der Waals surface area contributed by atoms with Gasteiger partial charge in [0, 0.05) is 11.4 Å². The highest BCUT2D eigenvalue weighted by molar-refractivity contribution is 5.81. The Morgan fingerprint density at radius 1 is 1.19 bits per heavy atom. The van der Waals surface area contributed by atoms with E-state index in [2.05, 4.69) is 42.9 Å². The van der Waals surface area contributed by atoms with E-state index in [9.17, 15) is 4.79 Å². The van der Waals surface area contributed by atoms with Crippen LogP contribution in [0.1, 0.15) is 44.3 Å². The summed E-state index contributed by atoms with van der Waals surface area (Å²) in [5.41, 5.74) is 1.86. The quantitative estimate of drug-likeness (QED) is 0.851. The van der Waals surface area contributed by atoms with Crippen LogP contribution in [0.25, 0.3) is 10.9 Å². The predicted molar refractivity (Wildman–Crippen MR) is 85.9 cm³/mol. The first-order valence-corrected chi connectivity index (χ1v) is 7.77. The molecule has 2 heterocycles. The first-order chi connectivity index (χ1) is 10.1. The summed E-state index contributed by atoms with van der Waals surface area (Å²) in [6, 6.07) is 8.45. The fraction of sp³-hybridized carbons (Fsp3) is 0.529. The highest BCUT2D eigenvalue weighted by atomic mass is 16.1. The number of fused-ring (bicyclic) bond motifs is 1. The van der Waals surface area contributed by atoms with Crippen LogP contribution in [0.5, 0.6) is 0 Å². The molecule has 1 aromatic heterocycles. The summed E-state index contributed by atoms with van der Waals surface area (Å²) in [5.74, 6) is 0.259. The minimum atomic E-state index is -0.0908. The summed E-state index contributed by atoms with van der Waals surface area (Å²) in [6.07, 6.45) is 2.03.